The quantitative estimate of drug-likeness (QED) is 0.599. The van der Waals surface area contributed by atoms with Gasteiger partial charge < -0.3 is 9.64 Å². The normalized spacial score (nSPS) is 16.5. The molecule has 1 aromatic rings. The molecule has 0 aliphatic carbocycles. The van der Waals surface area contributed by atoms with Crippen LogP contribution in [0.15, 0.2) is 29.2 Å². The van der Waals surface area contributed by atoms with Crippen LogP contribution in [0.4, 0.5) is 0 Å². The highest BCUT2D eigenvalue weighted by Crippen LogP contribution is 2.13. The molecule has 1 aliphatic rings. The molecular weight excluding hydrogens is 328 g/mol. The van der Waals surface area contributed by atoms with Crippen LogP contribution in [0.5, 0.6) is 0 Å². The van der Waals surface area contributed by atoms with E-state index in [0.717, 1.165) is 26.1 Å². The molecule has 1 heterocycles. The smallest absolute Gasteiger partial charge is 0.337 e. The van der Waals surface area contributed by atoms with Crippen LogP contribution in [0.1, 0.15) is 42.5 Å². The van der Waals surface area contributed by atoms with E-state index in [4.69, 9.17) is 0 Å². The van der Waals surface area contributed by atoms with Crippen molar-refractivity contribution in [3.63, 3.8) is 0 Å². The van der Waals surface area contributed by atoms with Gasteiger partial charge in [0.05, 0.1) is 17.6 Å². The average molecular weight is 354 g/mol. The lowest BCUT2D eigenvalue weighted by Crippen LogP contribution is -2.30. The molecule has 1 saturated heterocycles. The highest BCUT2D eigenvalue weighted by atomic mass is 32.2. The number of benzene rings is 1. The maximum Gasteiger partial charge on any atom is 0.337 e. The Morgan fingerprint density at radius 2 is 1.92 bits per heavy atom. The molecule has 0 radical (unpaired) electrons. The van der Waals surface area contributed by atoms with Gasteiger partial charge in [0.1, 0.15) is 0 Å². The second-order valence-electron chi connectivity index (χ2n) is 6.03. The number of hydrogen-bond donors (Lipinski definition) is 1. The lowest BCUT2D eigenvalue weighted by atomic mass is 10.2. The van der Waals surface area contributed by atoms with Crippen molar-refractivity contribution in [2.24, 2.45) is 0 Å². The second-order valence-corrected chi connectivity index (χ2v) is 7.79. The van der Waals surface area contributed by atoms with E-state index in [-0.39, 0.29) is 10.5 Å². The Kier molecular flexibility index (Phi) is 7.20. The highest BCUT2D eigenvalue weighted by Gasteiger charge is 2.16. The summed E-state index contributed by atoms with van der Waals surface area (Å²) in [6, 6.07) is 5.88. The van der Waals surface area contributed by atoms with Crippen molar-refractivity contribution in [1.29, 1.82) is 0 Å². The zero-order valence-electron chi connectivity index (χ0n) is 14.2. The molecular formula is C17H26N2O4S. The van der Waals surface area contributed by atoms with Gasteiger partial charge in [0.15, 0.2) is 0 Å². The number of nitrogens with zero attached hydrogens (tertiary/aromatic N) is 1. The number of sulfonamides is 1. The molecule has 7 heteroatoms. The first-order valence-electron chi connectivity index (χ1n) is 8.43. The summed E-state index contributed by atoms with van der Waals surface area (Å²) in [4.78, 5) is 14.0. The third-order valence-electron chi connectivity index (χ3n) is 4.21. The van der Waals surface area contributed by atoms with Gasteiger partial charge in [-0.1, -0.05) is 18.9 Å². The number of methoxy groups -OCH3 is 1. The number of hydrogen-bond acceptors (Lipinski definition) is 5. The van der Waals surface area contributed by atoms with E-state index in [1.54, 1.807) is 0 Å². The van der Waals surface area contributed by atoms with Crippen LogP contribution in [-0.2, 0) is 14.8 Å². The number of ether oxygens (including phenoxy) is 1. The molecule has 0 unspecified atom stereocenters. The molecule has 0 atom stereocenters. The van der Waals surface area contributed by atoms with Crippen molar-refractivity contribution in [1.82, 2.24) is 9.62 Å². The third-order valence-corrected chi connectivity index (χ3v) is 5.67. The van der Waals surface area contributed by atoms with Crippen molar-refractivity contribution in [2.45, 2.75) is 37.0 Å². The Bertz CT molecular complexity index is 638. The summed E-state index contributed by atoms with van der Waals surface area (Å²) in [6.07, 6.45) is 5.81. The number of rotatable bonds is 7. The largest absolute Gasteiger partial charge is 0.465 e. The van der Waals surface area contributed by atoms with Crippen LogP contribution in [-0.4, -0.2) is 52.6 Å². The standard InChI is InChI=1S/C17H26N2O4S/c1-23-17(20)15-8-6-9-16(14-15)24(21,22)18-10-7-13-19-11-4-2-3-5-12-19/h6,8-9,14,18H,2-5,7,10-13H2,1H3. The number of likely N-dealkylation sites (tertiary alicyclic amines) is 1. The third kappa shape index (κ3) is 5.58. The van der Waals surface area contributed by atoms with Gasteiger partial charge in [0.2, 0.25) is 10.0 Å². The minimum absolute atomic E-state index is 0.0835. The van der Waals surface area contributed by atoms with E-state index in [1.807, 2.05) is 0 Å². The van der Waals surface area contributed by atoms with Crippen LogP contribution in [0, 0.1) is 0 Å². The molecule has 0 bridgehead atoms. The molecule has 0 amide bonds. The van der Waals surface area contributed by atoms with Gasteiger partial charge >= 0.3 is 5.97 Å². The molecule has 24 heavy (non-hydrogen) atoms. The maximum absolute atomic E-state index is 12.3. The Morgan fingerprint density at radius 1 is 1.21 bits per heavy atom. The van der Waals surface area contributed by atoms with Crippen LogP contribution in [0.25, 0.3) is 0 Å². The Hall–Kier alpha value is -1.44. The van der Waals surface area contributed by atoms with E-state index in [2.05, 4.69) is 14.4 Å². The molecule has 0 aromatic heterocycles. The van der Waals surface area contributed by atoms with Gasteiger partial charge in [-0.25, -0.2) is 17.9 Å². The highest BCUT2D eigenvalue weighted by molar-refractivity contribution is 7.89. The van der Waals surface area contributed by atoms with Gasteiger partial charge in [-0.2, -0.15) is 0 Å². The topological polar surface area (TPSA) is 75.7 Å². The van der Waals surface area contributed by atoms with Gasteiger partial charge in [-0.15, -0.1) is 0 Å². The summed E-state index contributed by atoms with van der Waals surface area (Å²) >= 11 is 0. The Labute approximate surface area is 144 Å². The molecule has 1 aliphatic heterocycles. The molecule has 0 spiro atoms. The maximum atomic E-state index is 12.3. The fraction of sp³-hybridized carbons (Fsp3) is 0.588. The summed E-state index contributed by atoms with van der Waals surface area (Å²) in [5.41, 5.74) is 0.227. The number of carbonyl (C=O) groups is 1. The minimum atomic E-state index is -3.61. The summed E-state index contributed by atoms with van der Waals surface area (Å²) in [5.74, 6) is -0.548. The average Bonchev–Trinajstić information content (AvgIpc) is 2.87. The van der Waals surface area contributed by atoms with E-state index >= 15 is 0 Å². The predicted octanol–water partition coefficient (Wildman–Crippen LogP) is 2.02. The van der Waals surface area contributed by atoms with Crippen LogP contribution in [0.3, 0.4) is 0 Å². The molecule has 1 N–H and O–H groups in total. The van der Waals surface area contributed by atoms with Gasteiger partial charge in [0.25, 0.3) is 0 Å². The minimum Gasteiger partial charge on any atom is -0.465 e. The lowest BCUT2D eigenvalue weighted by molar-refractivity contribution is 0.0600. The lowest BCUT2D eigenvalue weighted by Gasteiger charge is -2.19. The molecule has 2 rings (SSSR count). The fourth-order valence-electron chi connectivity index (χ4n) is 2.86. The number of esters is 1. The van der Waals surface area contributed by atoms with E-state index in [9.17, 15) is 13.2 Å². The van der Waals surface area contributed by atoms with Gasteiger partial charge in [0, 0.05) is 6.54 Å². The van der Waals surface area contributed by atoms with Crippen molar-refractivity contribution >= 4 is 16.0 Å². The molecule has 134 valence electrons. The van der Waals surface area contributed by atoms with Crippen molar-refractivity contribution in [3.05, 3.63) is 29.8 Å². The van der Waals surface area contributed by atoms with Gasteiger partial charge in [-0.3, -0.25) is 0 Å². The van der Waals surface area contributed by atoms with E-state index in [1.165, 1.54) is 57.1 Å². The second kappa shape index (κ2) is 9.15. The van der Waals surface area contributed by atoms with Crippen molar-refractivity contribution in [3.8, 4) is 0 Å². The fourth-order valence-corrected chi connectivity index (χ4v) is 3.98. The summed E-state index contributed by atoms with van der Waals surface area (Å²) in [6.45, 7) is 3.51. The summed E-state index contributed by atoms with van der Waals surface area (Å²) < 4.78 is 31.9. The predicted molar refractivity (Wildman–Crippen MR) is 92.5 cm³/mol. The molecule has 6 nitrogen and oxygen atoms in total. The zero-order valence-corrected chi connectivity index (χ0v) is 15.0. The van der Waals surface area contributed by atoms with Crippen LogP contribution >= 0.6 is 0 Å². The van der Waals surface area contributed by atoms with E-state index in [0.29, 0.717) is 6.54 Å². The van der Waals surface area contributed by atoms with E-state index < -0.39 is 16.0 Å². The summed E-state index contributed by atoms with van der Waals surface area (Å²) in [7, 11) is -2.34. The Balaban J connectivity index is 1.85. The molecule has 1 fully saturated rings. The van der Waals surface area contributed by atoms with Crippen LogP contribution in [0.2, 0.25) is 0 Å². The monoisotopic (exact) mass is 354 g/mol. The SMILES string of the molecule is COC(=O)c1cccc(S(=O)(=O)NCCCN2CCCCCC2)c1. The molecule has 0 saturated carbocycles. The summed E-state index contributed by atoms with van der Waals surface area (Å²) in [5, 5.41) is 0. The van der Waals surface area contributed by atoms with Gasteiger partial charge in [-0.05, 0) is 57.1 Å². The first-order chi connectivity index (χ1) is 11.5. The van der Waals surface area contributed by atoms with Crippen LogP contribution < -0.4 is 4.72 Å². The van der Waals surface area contributed by atoms with Crippen molar-refractivity contribution in [2.75, 3.05) is 33.3 Å². The number of carbonyl (C=O) groups excluding carboxylic acids is 1. The zero-order chi connectivity index (χ0) is 17.4. The van der Waals surface area contributed by atoms with Crippen molar-refractivity contribution < 1.29 is 17.9 Å². The first-order valence-corrected chi connectivity index (χ1v) is 9.91. The first kappa shape index (κ1) is 18.9. The number of nitrogens with one attached hydrogen (secondary N) is 1. The molecule has 1 aromatic carbocycles. The Morgan fingerprint density at radius 3 is 2.58 bits per heavy atom.